The number of hydrazine groups is 1. The number of ether oxygens (including phenoxy) is 2. The predicted molar refractivity (Wildman–Crippen MR) is 92.1 cm³/mol. The van der Waals surface area contributed by atoms with Gasteiger partial charge in [-0.3, -0.25) is 15.6 Å². The van der Waals surface area contributed by atoms with Gasteiger partial charge in [-0.15, -0.1) is 0 Å². The molecule has 3 N–H and O–H groups in total. The van der Waals surface area contributed by atoms with Gasteiger partial charge in [0.25, 0.3) is 5.91 Å². The lowest BCUT2D eigenvalue weighted by molar-refractivity contribution is -0.127. The van der Waals surface area contributed by atoms with Crippen LogP contribution in [0.1, 0.15) is 25.3 Å². The first-order chi connectivity index (χ1) is 11.6. The second-order valence-corrected chi connectivity index (χ2v) is 5.76. The van der Waals surface area contributed by atoms with Gasteiger partial charge in [0, 0.05) is 13.2 Å². The van der Waals surface area contributed by atoms with Crippen molar-refractivity contribution in [3.05, 3.63) is 29.8 Å². The molecule has 0 bridgehead atoms. The highest BCUT2D eigenvalue weighted by molar-refractivity contribution is 7.80. The molecule has 1 saturated heterocycles. The van der Waals surface area contributed by atoms with Crippen molar-refractivity contribution in [3.63, 3.8) is 0 Å². The number of nitriles is 1. The number of hydrogen-bond acceptors (Lipinski definition) is 5. The lowest BCUT2D eigenvalue weighted by Gasteiger charge is -2.17. The van der Waals surface area contributed by atoms with E-state index < -0.39 is 6.10 Å². The molecule has 1 heterocycles. The third-order valence-corrected chi connectivity index (χ3v) is 3.73. The van der Waals surface area contributed by atoms with Crippen LogP contribution in [0.15, 0.2) is 24.3 Å². The second-order valence-electron chi connectivity index (χ2n) is 5.36. The minimum absolute atomic E-state index is 0.166. The summed E-state index contributed by atoms with van der Waals surface area (Å²) in [4.78, 5) is 12.0. The lowest BCUT2D eigenvalue weighted by Crippen LogP contribution is -2.51. The van der Waals surface area contributed by atoms with Gasteiger partial charge in [-0.1, -0.05) is 0 Å². The Kier molecular flexibility index (Phi) is 6.78. The smallest absolute Gasteiger partial charge is 0.279 e. The fourth-order valence-electron chi connectivity index (χ4n) is 2.14. The molecule has 7 nitrogen and oxygen atoms in total. The quantitative estimate of drug-likeness (QED) is 0.540. The highest BCUT2D eigenvalue weighted by atomic mass is 32.1. The van der Waals surface area contributed by atoms with Crippen LogP contribution in [0.3, 0.4) is 0 Å². The number of nitrogens with one attached hydrogen (secondary N) is 3. The summed E-state index contributed by atoms with van der Waals surface area (Å²) in [6.07, 6.45) is 1.52. The van der Waals surface area contributed by atoms with Crippen LogP contribution in [0.2, 0.25) is 0 Å². The van der Waals surface area contributed by atoms with Crippen LogP contribution in [-0.4, -0.2) is 36.4 Å². The molecule has 1 aliphatic heterocycles. The van der Waals surface area contributed by atoms with E-state index in [2.05, 4.69) is 16.2 Å². The Morgan fingerprint density at radius 3 is 2.83 bits per heavy atom. The van der Waals surface area contributed by atoms with E-state index in [0.717, 1.165) is 19.4 Å². The normalized spacial score (nSPS) is 17.4. The highest BCUT2D eigenvalue weighted by Gasteiger charge is 2.17. The van der Waals surface area contributed by atoms with Crippen LogP contribution in [0.5, 0.6) is 5.75 Å². The molecule has 0 saturated carbocycles. The zero-order valence-corrected chi connectivity index (χ0v) is 14.2. The third kappa shape index (κ3) is 5.68. The SMILES string of the molecule is C[C@H](Oc1ccc(C#N)cc1)C(=O)NNC(=S)NC[C@@H]1CCCO1. The van der Waals surface area contributed by atoms with Crippen LogP contribution in [-0.2, 0) is 9.53 Å². The zero-order chi connectivity index (χ0) is 17.4. The van der Waals surface area contributed by atoms with Gasteiger partial charge in [0.2, 0.25) is 0 Å². The molecule has 0 radical (unpaired) electrons. The van der Waals surface area contributed by atoms with Gasteiger partial charge in [0.05, 0.1) is 17.7 Å². The number of benzene rings is 1. The lowest BCUT2D eigenvalue weighted by atomic mass is 10.2. The molecule has 1 fully saturated rings. The Labute approximate surface area is 146 Å². The average Bonchev–Trinajstić information content (AvgIpc) is 3.12. The summed E-state index contributed by atoms with van der Waals surface area (Å²) in [5.74, 6) is 0.149. The minimum atomic E-state index is -0.716. The number of carbonyl (C=O) groups is 1. The van der Waals surface area contributed by atoms with Crippen LogP contribution in [0.25, 0.3) is 0 Å². The van der Waals surface area contributed by atoms with E-state index in [1.807, 2.05) is 6.07 Å². The Morgan fingerprint density at radius 1 is 1.46 bits per heavy atom. The maximum atomic E-state index is 12.0. The molecule has 1 amide bonds. The number of amides is 1. The topological polar surface area (TPSA) is 95.4 Å². The maximum Gasteiger partial charge on any atom is 0.279 e. The monoisotopic (exact) mass is 348 g/mol. The number of rotatable bonds is 5. The molecule has 1 aliphatic rings. The molecule has 2 rings (SSSR count). The molecular formula is C16H20N4O3S. The Morgan fingerprint density at radius 2 is 2.21 bits per heavy atom. The summed E-state index contributed by atoms with van der Waals surface area (Å²) in [7, 11) is 0. The van der Waals surface area contributed by atoms with Crippen LogP contribution in [0, 0.1) is 11.3 Å². The van der Waals surface area contributed by atoms with Gasteiger partial charge in [-0.25, -0.2) is 0 Å². The van der Waals surface area contributed by atoms with Crippen molar-refractivity contribution in [2.24, 2.45) is 0 Å². The predicted octanol–water partition coefficient (Wildman–Crippen LogP) is 1.000. The van der Waals surface area contributed by atoms with Crippen LogP contribution >= 0.6 is 12.2 Å². The van der Waals surface area contributed by atoms with Crippen LogP contribution in [0.4, 0.5) is 0 Å². The summed E-state index contributed by atoms with van der Waals surface area (Å²) in [5, 5.41) is 12.1. The standard InChI is InChI=1S/C16H20N4O3S/c1-11(23-13-6-4-12(9-17)5-7-13)15(21)19-20-16(24)18-10-14-3-2-8-22-14/h4-7,11,14H,2-3,8,10H2,1H3,(H,19,21)(H2,18,20,24)/t11-,14-/m0/s1. The van der Waals surface area contributed by atoms with E-state index in [-0.39, 0.29) is 12.0 Å². The summed E-state index contributed by atoms with van der Waals surface area (Å²) >= 11 is 5.09. The fraction of sp³-hybridized carbons (Fsp3) is 0.438. The maximum absolute atomic E-state index is 12.0. The third-order valence-electron chi connectivity index (χ3n) is 3.48. The van der Waals surface area contributed by atoms with E-state index in [1.54, 1.807) is 31.2 Å². The zero-order valence-electron chi connectivity index (χ0n) is 13.4. The number of thiocarbonyl (C=S) groups is 1. The summed E-state index contributed by atoms with van der Waals surface area (Å²) in [6.45, 7) is 3.02. The van der Waals surface area contributed by atoms with Gasteiger partial charge < -0.3 is 14.8 Å². The summed E-state index contributed by atoms with van der Waals surface area (Å²) in [5.41, 5.74) is 5.65. The van der Waals surface area contributed by atoms with Gasteiger partial charge in [-0.2, -0.15) is 5.26 Å². The molecule has 0 aromatic heterocycles. The molecule has 1 aromatic rings. The number of hydrogen-bond donors (Lipinski definition) is 3. The first-order valence-corrected chi connectivity index (χ1v) is 8.11. The largest absolute Gasteiger partial charge is 0.481 e. The van der Waals surface area contributed by atoms with Gasteiger partial charge in [-0.05, 0) is 56.2 Å². The number of nitrogens with zero attached hydrogens (tertiary/aromatic N) is 1. The van der Waals surface area contributed by atoms with E-state index in [1.165, 1.54) is 0 Å². The molecule has 0 aliphatic carbocycles. The molecule has 2 atom stereocenters. The van der Waals surface area contributed by atoms with Crippen molar-refractivity contribution in [1.29, 1.82) is 5.26 Å². The van der Waals surface area contributed by atoms with Crippen molar-refractivity contribution in [1.82, 2.24) is 16.2 Å². The van der Waals surface area contributed by atoms with Gasteiger partial charge in [0.15, 0.2) is 11.2 Å². The van der Waals surface area contributed by atoms with Crippen LogP contribution < -0.4 is 20.9 Å². The molecule has 24 heavy (non-hydrogen) atoms. The Hall–Kier alpha value is -2.37. The average molecular weight is 348 g/mol. The molecule has 1 aromatic carbocycles. The molecule has 8 heteroatoms. The highest BCUT2D eigenvalue weighted by Crippen LogP contribution is 2.13. The van der Waals surface area contributed by atoms with E-state index in [9.17, 15) is 4.79 Å². The molecule has 128 valence electrons. The minimum Gasteiger partial charge on any atom is -0.481 e. The summed E-state index contributed by atoms with van der Waals surface area (Å²) in [6, 6.07) is 8.56. The number of carbonyl (C=O) groups excluding carboxylic acids is 1. The second kappa shape index (κ2) is 9.05. The first-order valence-electron chi connectivity index (χ1n) is 7.70. The van der Waals surface area contributed by atoms with Crippen molar-refractivity contribution < 1.29 is 14.3 Å². The fourth-order valence-corrected chi connectivity index (χ4v) is 2.28. The van der Waals surface area contributed by atoms with Crippen molar-refractivity contribution in [3.8, 4) is 11.8 Å². The van der Waals surface area contributed by atoms with E-state index in [4.69, 9.17) is 27.0 Å². The van der Waals surface area contributed by atoms with Crippen molar-refractivity contribution >= 4 is 23.2 Å². The van der Waals surface area contributed by atoms with E-state index in [0.29, 0.717) is 23.0 Å². The summed E-state index contributed by atoms with van der Waals surface area (Å²) < 4.78 is 11.0. The van der Waals surface area contributed by atoms with Crippen molar-refractivity contribution in [2.75, 3.05) is 13.2 Å². The molecule has 0 spiro atoms. The van der Waals surface area contributed by atoms with Gasteiger partial charge in [0.1, 0.15) is 5.75 Å². The van der Waals surface area contributed by atoms with Gasteiger partial charge >= 0.3 is 0 Å². The van der Waals surface area contributed by atoms with Crippen molar-refractivity contribution in [2.45, 2.75) is 32.0 Å². The Bertz CT molecular complexity index is 609. The molecule has 0 unspecified atom stereocenters. The first kappa shape index (κ1) is 18.0. The Balaban J connectivity index is 1.68. The van der Waals surface area contributed by atoms with E-state index >= 15 is 0 Å². The molecular weight excluding hydrogens is 328 g/mol.